The van der Waals surface area contributed by atoms with Gasteiger partial charge in [-0.15, -0.1) is 5.92 Å². The second-order valence-corrected chi connectivity index (χ2v) is 12.4. The number of hydrogen-bond donors (Lipinski definition) is 1. The number of allylic oxidation sites excluding steroid dienone is 1. The molecule has 4 heteroatoms. The van der Waals surface area contributed by atoms with E-state index in [9.17, 15) is 9.90 Å². The van der Waals surface area contributed by atoms with E-state index in [4.69, 9.17) is 4.74 Å². The van der Waals surface area contributed by atoms with Crippen molar-refractivity contribution >= 4 is 11.5 Å². The largest absolute Gasteiger partial charge is 0.383 e. The first-order valence-corrected chi connectivity index (χ1v) is 13.9. The van der Waals surface area contributed by atoms with Crippen LogP contribution in [0.25, 0.3) is 0 Å². The molecule has 1 aromatic rings. The molecule has 4 aliphatic carbocycles. The van der Waals surface area contributed by atoms with E-state index in [0.29, 0.717) is 42.5 Å². The zero-order valence-electron chi connectivity index (χ0n) is 22.8. The number of carbonyl (C=O) groups is 1. The summed E-state index contributed by atoms with van der Waals surface area (Å²) in [6.45, 7) is 8.18. The number of ether oxygens (including phenoxy) is 1. The molecule has 5 rings (SSSR count). The summed E-state index contributed by atoms with van der Waals surface area (Å²) in [6.07, 6.45) is 8.50. The van der Waals surface area contributed by atoms with Crippen LogP contribution in [0, 0.1) is 40.4 Å². The van der Waals surface area contributed by atoms with Gasteiger partial charge in [-0.05, 0) is 98.3 Å². The Morgan fingerprint density at radius 3 is 2.58 bits per heavy atom. The molecular formula is C32H43NO3. The minimum Gasteiger partial charge on any atom is -0.383 e. The Balaban J connectivity index is 1.57. The number of rotatable bonds is 5. The number of aliphatic hydroxyl groups is 1. The van der Waals surface area contributed by atoms with Crippen molar-refractivity contribution in [3.63, 3.8) is 0 Å². The molecule has 0 aliphatic heterocycles. The number of carbonyl (C=O) groups excluding carboxylic acids is 1. The number of methoxy groups -OCH3 is 1. The predicted octanol–water partition coefficient (Wildman–Crippen LogP) is 5.75. The summed E-state index contributed by atoms with van der Waals surface area (Å²) in [5.74, 6) is 8.47. The zero-order valence-corrected chi connectivity index (χ0v) is 22.8. The Labute approximate surface area is 217 Å². The average Bonchev–Trinajstić information content (AvgIpc) is 3.12. The molecule has 0 radical (unpaired) electrons. The monoisotopic (exact) mass is 489 g/mol. The molecule has 3 fully saturated rings. The van der Waals surface area contributed by atoms with E-state index < -0.39 is 5.60 Å². The van der Waals surface area contributed by atoms with Crippen LogP contribution in [0.3, 0.4) is 0 Å². The highest BCUT2D eigenvalue weighted by atomic mass is 16.5. The van der Waals surface area contributed by atoms with Crippen LogP contribution in [0.4, 0.5) is 5.69 Å². The standard InChI is InChI=1S/C32H43NO3/c1-6-15-32(35)17-14-28-26-12-9-23-20-25(34)13-16-30(23,2)29(26)27(21-31(28,32)3)22-7-10-24(11-8-22)33(4)18-19-36-5/h7-8,10-11,20,26-29,35H,9,12-14,16-19,21H2,1-5H3/t26-,27+,28-,29?,30-,31-,32-/m0/s1. The normalized spacial score (nSPS) is 39.3. The number of benzene rings is 1. The number of nitrogens with zero attached hydrogens (tertiary/aromatic N) is 1. The molecule has 0 aromatic heterocycles. The van der Waals surface area contributed by atoms with Crippen molar-refractivity contribution in [2.75, 3.05) is 32.2 Å². The first kappa shape index (κ1) is 25.6. The van der Waals surface area contributed by atoms with E-state index in [1.54, 1.807) is 7.11 Å². The predicted molar refractivity (Wildman–Crippen MR) is 145 cm³/mol. The van der Waals surface area contributed by atoms with Crippen molar-refractivity contribution in [3.05, 3.63) is 41.5 Å². The number of ketones is 1. The SMILES string of the molecule is CC#C[C@]1(O)CC[C@H]2[C@@H]3CCC4=CC(=O)CC[C@]4(C)C3[C@@H](c3ccc(N(C)CCOC)cc3)C[C@@]21C. The van der Waals surface area contributed by atoms with Crippen LogP contribution in [0.5, 0.6) is 0 Å². The number of fused-ring (bicyclic) bond motifs is 5. The molecule has 0 amide bonds. The molecule has 1 N–H and O–H groups in total. The van der Waals surface area contributed by atoms with Crippen molar-refractivity contribution in [1.29, 1.82) is 0 Å². The summed E-state index contributed by atoms with van der Waals surface area (Å²) in [5, 5.41) is 11.9. The Morgan fingerprint density at radius 1 is 1.14 bits per heavy atom. The highest BCUT2D eigenvalue weighted by Gasteiger charge is 2.66. The molecule has 1 aromatic carbocycles. The van der Waals surface area contributed by atoms with Crippen LogP contribution in [-0.4, -0.2) is 43.8 Å². The van der Waals surface area contributed by atoms with Crippen LogP contribution in [0.15, 0.2) is 35.9 Å². The maximum Gasteiger partial charge on any atom is 0.155 e. The van der Waals surface area contributed by atoms with E-state index >= 15 is 0 Å². The van der Waals surface area contributed by atoms with E-state index in [2.05, 4.69) is 61.9 Å². The van der Waals surface area contributed by atoms with E-state index in [0.717, 1.165) is 45.1 Å². The lowest BCUT2D eigenvalue weighted by molar-refractivity contribution is -0.122. The van der Waals surface area contributed by atoms with Crippen LogP contribution in [0.2, 0.25) is 0 Å². The third-order valence-corrected chi connectivity index (χ3v) is 10.8. The fourth-order valence-corrected chi connectivity index (χ4v) is 8.82. The molecule has 0 heterocycles. The maximum absolute atomic E-state index is 12.4. The van der Waals surface area contributed by atoms with Gasteiger partial charge >= 0.3 is 0 Å². The highest BCUT2D eigenvalue weighted by molar-refractivity contribution is 5.91. The van der Waals surface area contributed by atoms with Gasteiger partial charge in [-0.25, -0.2) is 0 Å². The number of anilines is 1. The summed E-state index contributed by atoms with van der Waals surface area (Å²) >= 11 is 0. The third-order valence-electron chi connectivity index (χ3n) is 10.8. The summed E-state index contributed by atoms with van der Waals surface area (Å²) < 4.78 is 5.27. The molecule has 3 saturated carbocycles. The Morgan fingerprint density at radius 2 is 1.89 bits per heavy atom. The highest BCUT2D eigenvalue weighted by Crippen LogP contribution is 2.70. The van der Waals surface area contributed by atoms with Gasteiger partial charge < -0.3 is 14.7 Å². The lowest BCUT2D eigenvalue weighted by Crippen LogP contribution is -2.57. The zero-order chi connectivity index (χ0) is 25.7. The molecule has 36 heavy (non-hydrogen) atoms. The lowest BCUT2D eigenvalue weighted by atomic mass is 9.43. The van der Waals surface area contributed by atoms with Gasteiger partial charge in [-0.1, -0.05) is 37.5 Å². The minimum absolute atomic E-state index is 0.0495. The smallest absolute Gasteiger partial charge is 0.155 e. The molecule has 7 atom stereocenters. The molecule has 0 spiro atoms. The summed E-state index contributed by atoms with van der Waals surface area (Å²) in [5.41, 5.74) is 2.85. The van der Waals surface area contributed by atoms with E-state index in [1.807, 2.05) is 13.0 Å². The maximum atomic E-state index is 12.4. The van der Waals surface area contributed by atoms with Gasteiger partial charge in [-0.3, -0.25) is 4.79 Å². The van der Waals surface area contributed by atoms with Gasteiger partial charge in [0.25, 0.3) is 0 Å². The summed E-state index contributed by atoms with van der Waals surface area (Å²) in [6, 6.07) is 9.12. The Kier molecular flexibility index (Phi) is 6.63. The number of hydrogen-bond acceptors (Lipinski definition) is 4. The van der Waals surface area contributed by atoms with Gasteiger partial charge in [0, 0.05) is 38.2 Å². The van der Waals surface area contributed by atoms with Gasteiger partial charge in [0.1, 0.15) is 5.60 Å². The Bertz CT molecular complexity index is 1100. The number of likely N-dealkylation sites (N-methyl/N-ethyl adjacent to an activating group) is 1. The molecular weight excluding hydrogens is 446 g/mol. The van der Waals surface area contributed by atoms with Crippen LogP contribution >= 0.6 is 0 Å². The van der Waals surface area contributed by atoms with Gasteiger partial charge in [-0.2, -0.15) is 0 Å². The summed E-state index contributed by atoms with van der Waals surface area (Å²) in [7, 11) is 3.85. The molecule has 4 nitrogen and oxygen atoms in total. The van der Waals surface area contributed by atoms with Gasteiger partial charge in [0.15, 0.2) is 5.78 Å². The third kappa shape index (κ3) is 3.86. The second-order valence-electron chi connectivity index (χ2n) is 12.4. The summed E-state index contributed by atoms with van der Waals surface area (Å²) in [4.78, 5) is 14.6. The van der Waals surface area contributed by atoms with E-state index in [-0.39, 0.29) is 10.8 Å². The second kappa shape index (κ2) is 9.34. The van der Waals surface area contributed by atoms with Crippen molar-refractivity contribution in [3.8, 4) is 11.8 Å². The van der Waals surface area contributed by atoms with E-state index in [1.165, 1.54) is 16.8 Å². The fourth-order valence-electron chi connectivity index (χ4n) is 8.82. The molecule has 194 valence electrons. The van der Waals surface area contributed by atoms with Crippen molar-refractivity contribution < 1.29 is 14.6 Å². The fraction of sp³-hybridized carbons (Fsp3) is 0.656. The lowest BCUT2D eigenvalue weighted by Gasteiger charge is -2.61. The van der Waals surface area contributed by atoms with Crippen LogP contribution in [0.1, 0.15) is 77.2 Å². The first-order valence-electron chi connectivity index (χ1n) is 13.9. The van der Waals surface area contributed by atoms with Crippen molar-refractivity contribution in [2.45, 2.75) is 77.2 Å². The van der Waals surface area contributed by atoms with Crippen molar-refractivity contribution in [2.24, 2.45) is 28.6 Å². The topological polar surface area (TPSA) is 49.8 Å². The van der Waals surface area contributed by atoms with Crippen LogP contribution in [-0.2, 0) is 9.53 Å². The quantitative estimate of drug-likeness (QED) is 0.535. The molecule has 4 aliphatic rings. The molecule has 0 saturated heterocycles. The minimum atomic E-state index is -0.921. The Hall–Kier alpha value is -2.09. The molecule has 0 bridgehead atoms. The van der Waals surface area contributed by atoms with Gasteiger partial charge in [0.05, 0.1) is 6.61 Å². The molecule has 1 unspecified atom stereocenters. The van der Waals surface area contributed by atoms with Crippen LogP contribution < -0.4 is 4.90 Å². The first-order chi connectivity index (χ1) is 17.2. The van der Waals surface area contributed by atoms with Gasteiger partial charge in [0.2, 0.25) is 0 Å². The van der Waals surface area contributed by atoms with Crippen molar-refractivity contribution in [1.82, 2.24) is 0 Å². The average molecular weight is 490 g/mol.